The summed E-state index contributed by atoms with van der Waals surface area (Å²) in [7, 11) is 1.76. The number of hydrogen-bond acceptors (Lipinski definition) is 3. The molecule has 0 spiro atoms. The Morgan fingerprint density at radius 3 is 2.68 bits per heavy atom. The Kier molecular flexibility index (Phi) is 4.83. The van der Waals surface area contributed by atoms with E-state index in [9.17, 15) is 5.11 Å². The molecule has 1 fully saturated rings. The van der Waals surface area contributed by atoms with E-state index < -0.39 is 0 Å². The Bertz CT molecular complexity index is 401. The van der Waals surface area contributed by atoms with Crippen LogP contribution >= 0.6 is 0 Å². The molecule has 1 aromatic carbocycles. The number of methoxy groups -OCH3 is 1. The molecule has 19 heavy (non-hydrogen) atoms. The average Bonchev–Trinajstić information content (AvgIpc) is 3.19. The molecule has 106 valence electrons. The van der Waals surface area contributed by atoms with Crippen molar-refractivity contribution < 1.29 is 9.84 Å². The van der Waals surface area contributed by atoms with Gasteiger partial charge in [-0.3, -0.25) is 0 Å². The molecule has 3 heteroatoms. The van der Waals surface area contributed by atoms with Gasteiger partial charge in [0.15, 0.2) is 0 Å². The van der Waals surface area contributed by atoms with Crippen molar-refractivity contribution in [2.45, 2.75) is 38.6 Å². The molecule has 1 saturated carbocycles. The van der Waals surface area contributed by atoms with E-state index >= 15 is 0 Å². The second kappa shape index (κ2) is 6.40. The number of nitrogens with one attached hydrogen (secondary N) is 1. The van der Waals surface area contributed by atoms with Gasteiger partial charge in [-0.05, 0) is 37.2 Å². The first-order chi connectivity index (χ1) is 9.21. The van der Waals surface area contributed by atoms with Crippen LogP contribution in [-0.2, 0) is 4.74 Å². The molecule has 0 aliphatic heterocycles. The van der Waals surface area contributed by atoms with Crippen LogP contribution in [-0.4, -0.2) is 25.4 Å². The van der Waals surface area contributed by atoms with Gasteiger partial charge in [0.1, 0.15) is 5.75 Å². The maximum atomic E-state index is 9.94. The van der Waals surface area contributed by atoms with Crippen molar-refractivity contribution in [1.29, 1.82) is 0 Å². The largest absolute Gasteiger partial charge is 0.508 e. The van der Waals surface area contributed by atoms with Gasteiger partial charge >= 0.3 is 0 Å². The van der Waals surface area contributed by atoms with Crippen LogP contribution in [0.2, 0.25) is 0 Å². The van der Waals surface area contributed by atoms with Gasteiger partial charge in [-0.2, -0.15) is 0 Å². The third-order valence-corrected chi connectivity index (χ3v) is 4.24. The van der Waals surface area contributed by atoms with Gasteiger partial charge in [0.2, 0.25) is 0 Å². The number of rotatable bonds is 8. The van der Waals surface area contributed by atoms with Gasteiger partial charge in [0.05, 0.1) is 0 Å². The third kappa shape index (κ3) is 3.71. The lowest BCUT2D eigenvalue weighted by Crippen LogP contribution is -2.28. The summed E-state index contributed by atoms with van der Waals surface area (Å²) in [5, 5.41) is 13.6. The Morgan fingerprint density at radius 1 is 1.37 bits per heavy atom. The number of aromatic hydroxyl groups is 1. The van der Waals surface area contributed by atoms with E-state index in [2.05, 4.69) is 12.2 Å². The van der Waals surface area contributed by atoms with E-state index in [-0.39, 0.29) is 6.04 Å². The molecular weight excluding hydrogens is 238 g/mol. The summed E-state index contributed by atoms with van der Waals surface area (Å²) in [6, 6.07) is 7.85. The molecule has 1 aromatic rings. The highest BCUT2D eigenvalue weighted by molar-refractivity contribution is 5.34. The maximum Gasteiger partial charge on any atom is 0.120 e. The van der Waals surface area contributed by atoms with Gasteiger partial charge in [0, 0.05) is 31.9 Å². The summed E-state index contributed by atoms with van der Waals surface area (Å²) < 4.78 is 5.19. The van der Waals surface area contributed by atoms with Crippen LogP contribution in [0.15, 0.2) is 24.3 Å². The van der Waals surface area contributed by atoms with Crippen LogP contribution in [0.5, 0.6) is 5.75 Å². The van der Waals surface area contributed by atoms with E-state index in [1.807, 2.05) is 18.2 Å². The highest BCUT2D eigenvalue weighted by Gasteiger charge is 2.41. The zero-order chi connectivity index (χ0) is 13.7. The number of phenolic OH excluding ortho intramolecular Hbond substituents is 1. The van der Waals surface area contributed by atoms with Gasteiger partial charge in [0.25, 0.3) is 0 Å². The minimum absolute atomic E-state index is 0.237. The standard InChI is InChI=1S/C16H25NO2/c1-3-14(13-6-4-5-7-15(13)18)17-12-16(8-9-16)10-11-19-2/h4-7,14,17-18H,3,8-12H2,1-2H3. The molecule has 2 N–H and O–H groups in total. The van der Waals surface area contributed by atoms with Crippen LogP contribution in [0.1, 0.15) is 44.2 Å². The summed E-state index contributed by atoms with van der Waals surface area (Å²) >= 11 is 0. The van der Waals surface area contributed by atoms with Crippen molar-refractivity contribution in [2.24, 2.45) is 5.41 Å². The fraction of sp³-hybridized carbons (Fsp3) is 0.625. The topological polar surface area (TPSA) is 41.5 Å². The fourth-order valence-corrected chi connectivity index (χ4v) is 2.61. The molecule has 1 atom stereocenters. The predicted octanol–water partition coefficient (Wildman–Crippen LogP) is 3.25. The monoisotopic (exact) mass is 263 g/mol. The van der Waals surface area contributed by atoms with Crippen LogP contribution in [0, 0.1) is 5.41 Å². The SMILES string of the molecule is CCC(NCC1(CCOC)CC1)c1ccccc1O. The first-order valence-electron chi connectivity index (χ1n) is 7.21. The smallest absolute Gasteiger partial charge is 0.120 e. The van der Waals surface area contributed by atoms with Crippen molar-refractivity contribution >= 4 is 0 Å². The highest BCUT2D eigenvalue weighted by atomic mass is 16.5. The zero-order valence-corrected chi connectivity index (χ0v) is 12.0. The first-order valence-corrected chi connectivity index (χ1v) is 7.21. The number of ether oxygens (including phenoxy) is 1. The summed E-state index contributed by atoms with van der Waals surface area (Å²) in [4.78, 5) is 0. The molecule has 1 unspecified atom stereocenters. The quantitative estimate of drug-likeness (QED) is 0.756. The molecule has 0 amide bonds. The lowest BCUT2D eigenvalue weighted by molar-refractivity contribution is 0.170. The van der Waals surface area contributed by atoms with Crippen molar-refractivity contribution in [3.63, 3.8) is 0 Å². The Hall–Kier alpha value is -1.06. The molecule has 0 heterocycles. The minimum Gasteiger partial charge on any atom is -0.508 e. The summed E-state index contributed by atoms with van der Waals surface area (Å²) in [5.74, 6) is 0.392. The van der Waals surface area contributed by atoms with Crippen molar-refractivity contribution in [3.05, 3.63) is 29.8 Å². The van der Waals surface area contributed by atoms with Crippen LogP contribution in [0.25, 0.3) is 0 Å². The first kappa shape index (κ1) is 14.4. The van der Waals surface area contributed by atoms with Crippen molar-refractivity contribution in [3.8, 4) is 5.75 Å². The molecule has 0 aromatic heterocycles. The summed E-state index contributed by atoms with van der Waals surface area (Å²) in [6.45, 7) is 4.01. The average molecular weight is 263 g/mol. The molecule has 0 bridgehead atoms. The van der Waals surface area contributed by atoms with Gasteiger partial charge < -0.3 is 15.2 Å². The lowest BCUT2D eigenvalue weighted by atomic mass is 9.99. The van der Waals surface area contributed by atoms with E-state index in [1.54, 1.807) is 13.2 Å². The molecule has 1 aliphatic carbocycles. The van der Waals surface area contributed by atoms with E-state index in [0.29, 0.717) is 11.2 Å². The Morgan fingerprint density at radius 2 is 2.11 bits per heavy atom. The number of phenols is 1. The van der Waals surface area contributed by atoms with Crippen molar-refractivity contribution in [1.82, 2.24) is 5.32 Å². The van der Waals surface area contributed by atoms with Crippen LogP contribution in [0.3, 0.4) is 0 Å². The van der Waals surface area contributed by atoms with E-state index in [4.69, 9.17) is 4.74 Å². The number of para-hydroxylation sites is 1. The van der Waals surface area contributed by atoms with Gasteiger partial charge in [-0.25, -0.2) is 0 Å². The van der Waals surface area contributed by atoms with Gasteiger partial charge in [-0.1, -0.05) is 25.1 Å². The molecule has 0 radical (unpaired) electrons. The molecule has 0 saturated heterocycles. The summed E-state index contributed by atoms with van der Waals surface area (Å²) in [5.41, 5.74) is 1.45. The third-order valence-electron chi connectivity index (χ3n) is 4.24. The van der Waals surface area contributed by atoms with Gasteiger partial charge in [-0.15, -0.1) is 0 Å². The lowest BCUT2D eigenvalue weighted by Gasteiger charge is -2.22. The van der Waals surface area contributed by atoms with E-state index in [1.165, 1.54) is 12.8 Å². The molecular formula is C16H25NO2. The number of benzene rings is 1. The Balaban J connectivity index is 1.92. The second-order valence-corrected chi connectivity index (χ2v) is 5.64. The van der Waals surface area contributed by atoms with Crippen LogP contribution < -0.4 is 5.32 Å². The molecule has 3 nitrogen and oxygen atoms in total. The fourth-order valence-electron chi connectivity index (χ4n) is 2.61. The maximum absolute atomic E-state index is 9.94. The minimum atomic E-state index is 0.237. The molecule has 2 rings (SSSR count). The van der Waals surface area contributed by atoms with Crippen LogP contribution in [0.4, 0.5) is 0 Å². The Labute approximate surface area is 116 Å². The van der Waals surface area contributed by atoms with E-state index in [0.717, 1.165) is 31.6 Å². The second-order valence-electron chi connectivity index (χ2n) is 5.64. The van der Waals surface area contributed by atoms with Crippen molar-refractivity contribution in [2.75, 3.05) is 20.3 Å². The summed E-state index contributed by atoms with van der Waals surface area (Å²) in [6.07, 6.45) is 4.70. The highest BCUT2D eigenvalue weighted by Crippen LogP contribution is 2.48. The molecule has 1 aliphatic rings. The zero-order valence-electron chi connectivity index (χ0n) is 12.0. The normalized spacial score (nSPS) is 18.2. The number of hydrogen-bond donors (Lipinski definition) is 2. The predicted molar refractivity (Wildman–Crippen MR) is 77.3 cm³/mol.